The zero-order chi connectivity index (χ0) is 20.9. The Bertz CT molecular complexity index is 1120. The number of anilines is 2. The molecule has 0 spiro atoms. The second-order valence-electron chi connectivity index (χ2n) is 6.31. The number of hydrogen-bond acceptors (Lipinski definition) is 4. The van der Waals surface area contributed by atoms with Crippen molar-refractivity contribution < 1.29 is 13.2 Å². The standard InChI is InChI=1S/C21H20ClN3O3S/c1-2-13-29(27,28)16-10-11-17(15-7-4-3-5-8-15)19(14-16)24-21(26)25-20-18(22)9-6-12-23-20/h3-12,14H,2,13H2,1H3,(H2,23,24,25,26). The Balaban J connectivity index is 1.97. The quantitative estimate of drug-likeness (QED) is 0.561. The Kier molecular flexibility index (Phi) is 6.51. The zero-order valence-electron chi connectivity index (χ0n) is 15.7. The largest absolute Gasteiger partial charge is 0.324 e. The molecule has 8 heteroatoms. The maximum atomic E-state index is 12.5. The van der Waals surface area contributed by atoms with Crippen molar-refractivity contribution in [3.63, 3.8) is 0 Å². The van der Waals surface area contributed by atoms with Gasteiger partial charge in [-0.25, -0.2) is 18.2 Å². The van der Waals surface area contributed by atoms with E-state index in [0.717, 1.165) is 5.56 Å². The molecule has 2 amide bonds. The second kappa shape index (κ2) is 9.07. The van der Waals surface area contributed by atoms with Gasteiger partial charge in [-0.2, -0.15) is 0 Å². The minimum Gasteiger partial charge on any atom is -0.307 e. The van der Waals surface area contributed by atoms with Gasteiger partial charge in [-0.15, -0.1) is 0 Å². The first-order valence-electron chi connectivity index (χ1n) is 9.01. The molecule has 1 aromatic heterocycles. The summed E-state index contributed by atoms with van der Waals surface area (Å²) in [6.45, 7) is 1.80. The molecule has 2 aromatic carbocycles. The minimum atomic E-state index is -3.44. The molecule has 0 aliphatic heterocycles. The van der Waals surface area contributed by atoms with Crippen molar-refractivity contribution in [3.05, 3.63) is 71.9 Å². The molecule has 0 unspecified atom stereocenters. The lowest BCUT2D eigenvalue weighted by Crippen LogP contribution is -2.21. The molecule has 0 aliphatic rings. The van der Waals surface area contributed by atoms with Crippen molar-refractivity contribution in [1.29, 1.82) is 0 Å². The highest BCUT2D eigenvalue weighted by molar-refractivity contribution is 7.91. The van der Waals surface area contributed by atoms with Gasteiger partial charge in [-0.3, -0.25) is 5.32 Å². The first kappa shape index (κ1) is 20.8. The van der Waals surface area contributed by atoms with Crippen LogP contribution in [0.1, 0.15) is 13.3 Å². The Labute approximate surface area is 174 Å². The fourth-order valence-electron chi connectivity index (χ4n) is 2.82. The molecule has 0 radical (unpaired) electrons. The van der Waals surface area contributed by atoms with Crippen LogP contribution in [-0.4, -0.2) is 25.2 Å². The average molecular weight is 430 g/mol. The van der Waals surface area contributed by atoms with Crippen molar-refractivity contribution in [2.45, 2.75) is 18.2 Å². The van der Waals surface area contributed by atoms with Gasteiger partial charge in [0, 0.05) is 11.8 Å². The highest BCUT2D eigenvalue weighted by atomic mass is 35.5. The maximum absolute atomic E-state index is 12.5. The Morgan fingerprint density at radius 3 is 2.48 bits per heavy atom. The SMILES string of the molecule is CCCS(=O)(=O)c1ccc(-c2ccccc2)c(NC(=O)Nc2ncccc2Cl)c1. The fourth-order valence-corrected chi connectivity index (χ4v) is 4.33. The molecule has 0 fully saturated rings. The average Bonchev–Trinajstić information content (AvgIpc) is 2.70. The molecule has 150 valence electrons. The van der Waals surface area contributed by atoms with E-state index in [9.17, 15) is 13.2 Å². The van der Waals surface area contributed by atoms with Crippen molar-refractivity contribution in [2.24, 2.45) is 0 Å². The smallest absolute Gasteiger partial charge is 0.307 e. The Morgan fingerprint density at radius 2 is 1.79 bits per heavy atom. The lowest BCUT2D eigenvalue weighted by atomic mass is 10.0. The zero-order valence-corrected chi connectivity index (χ0v) is 17.3. The number of hydrogen-bond donors (Lipinski definition) is 2. The summed E-state index contributed by atoms with van der Waals surface area (Å²) in [4.78, 5) is 16.7. The third kappa shape index (κ3) is 5.13. The van der Waals surface area contributed by atoms with E-state index in [1.54, 1.807) is 31.2 Å². The van der Waals surface area contributed by atoms with Gasteiger partial charge in [-0.05, 0) is 36.2 Å². The second-order valence-corrected chi connectivity index (χ2v) is 8.82. The van der Waals surface area contributed by atoms with Gasteiger partial charge in [0.25, 0.3) is 0 Å². The summed E-state index contributed by atoms with van der Waals surface area (Å²) >= 11 is 6.03. The van der Waals surface area contributed by atoms with Crippen molar-refractivity contribution in [2.75, 3.05) is 16.4 Å². The molecular formula is C21H20ClN3O3S. The Morgan fingerprint density at radius 1 is 1.03 bits per heavy atom. The summed E-state index contributed by atoms with van der Waals surface area (Å²) in [5.74, 6) is 0.245. The van der Waals surface area contributed by atoms with Gasteiger partial charge < -0.3 is 5.32 Å². The number of aromatic nitrogens is 1. The summed E-state index contributed by atoms with van der Waals surface area (Å²) in [6, 6.07) is 16.8. The number of sulfone groups is 1. The van der Waals surface area contributed by atoms with Crippen LogP contribution in [0.25, 0.3) is 11.1 Å². The summed E-state index contributed by atoms with van der Waals surface area (Å²) in [5, 5.41) is 5.60. The topological polar surface area (TPSA) is 88.2 Å². The molecule has 3 aromatic rings. The molecule has 0 aliphatic carbocycles. The van der Waals surface area contributed by atoms with E-state index in [4.69, 9.17) is 11.6 Å². The maximum Gasteiger partial charge on any atom is 0.324 e. The number of rotatable bonds is 6. The van der Waals surface area contributed by atoms with Crippen molar-refractivity contribution in [3.8, 4) is 11.1 Å². The van der Waals surface area contributed by atoms with E-state index in [1.807, 2.05) is 30.3 Å². The number of benzene rings is 2. The number of pyridine rings is 1. The van der Waals surface area contributed by atoms with Crippen LogP contribution in [0, 0.1) is 0 Å². The molecule has 0 saturated carbocycles. The molecular weight excluding hydrogens is 410 g/mol. The lowest BCUT2D eigenvalue weighted by Gasteiger charge is -2.14. The van der Waals surface area contributed by atoms with Crippen LogP contribution >= 0.6 is 11.6 Å². The number of carbonyl (C=O) groups excluding carboxylic acids is 1. The normalized spacial score (nSPS) is 11.1. The lowest BCUT2D eigenvalue weighted by molar-refractivity contribution is 0.262. The van der Waals surface area contributed by atoms with Crippen LogP contribution in [0.2, 0.25) is 5.02 Å². The number of nitrogens with zero attached hydrogens (tertiary/aromatic N) is 1. The Hall–Kier alpha value is -2.90. The summed E-state index contributed by atoms with van der Waals surface area (Å²) in [5.41, 5.74) is 1.92. The van der Waals surface area contributed by atoms with Crippen LogP contribution in [0.5, 0.6) is 0 Å². The third-order valence-corrected chi connectivity index (χ3v) is 6.37. The molecule has 29 heavy (non-hydrogen) atoms. The molecule has 3 rings (SSSR count). The molecule has 0 saturated heterocycles. The predicted molar refractivity (Wildman–Crippen MR) is 116 cm³/mol. The van der Waals surface area contributed by atoms with E-state index < -0.39 is 15.9 Å². The summed E-state index contributed by atoms with van der Waals surface area (Å²) in [7, 11) is -3.44. The number of amides is 2. The number of urea groups is 1. The fraction of sp³-hybridized carbons (Fsp3) is 0.143. The highest BCUT2D eigenvalue weighted by Gasteiger charge is 2.17. The summed E-state index contributed by atoms with van der Waals surface area (Å²) < 4.78 is 25.0. The van der Waals surface area contributed by atoms with Gasteiger partial charge in [0.05, 0.1) is 21.4 Å². The number of nitrogens with one attached hydrogen (secondary N) is 2. The van der Waals surface area contributed by atoms with Crippen LogP contribution in [0.15, 0.2) is 71.8 Å². The van der Waals surface area contributed by atoms with Crippen LogP contribution in [0.4, 0.5) is 16.3 Å². The van der Waals surface area contributed by atoms with E-state index in [0.29, 0.717) is 22.7 Å². The minimum absolute atomic E-state index is 0.0346. The van der Waals surface area contributed by atoms with Crippen LogP contribution in [-0.2, 0) is 9.84 Å². The predicted octanol–water partition coefficient (Wildman–Crippen LogP) is 5.23. The van der Waals surface area contributed by atoms with Crippen LogP contribution < -0.4 is 10.6 Å². The van der Waals surface area contributed by atoms with Gasteiger partial charge in [0.2, 0.25) is 0 Å². The molecule has 1 heterocycles. The molecule has 0 atom stereocenters. The molecule has 2 N–H and O–H groups in total. The van der Waals surface area contributed by atoms with E-state index >= 15 is 0 Å². The van der Waals surface area contributed by atoms with E-state index in [-0.39, 0.29) is 16.5 Å². The molecule has 6 nitrogen and oxygen atoms in total. The van der Waals surface area contributed by atoms with Gasteiger partial charge in [0.15, 0.2) is 15.7 Å². The van der Waals surface area contributed by atoms with E-state index in [1.165, 1.54) is 12.3 Å². The van der Waals surface area contributed by atoms with Gasteiger partial charge in [0.1, 0.15) is 0 Å². The number of carbonyl (C=O) groups is 1. The van der Waals surface area contributed by atoms with Crippen molar-refractivity contribution in [1.82, 2.24) is 4.98 Å². The first-order valence-corrected chi connectivity index (χ1v) is 11.0. The monoisotopic (exact) mass is 429 g/mol. The number of halogens is 1. The van der Waals surface area contributed by atoms with Gasteiger partial charge >= 0.3 is 6.03 Å². The van der Waals surface area contributed by atoms with Crippen molar-refractivity contribution >= 4 is 39.0 Å². The first-order chi connectivity index (χ1) is 13.9. The summed E-state index contributed by atoms with van der Waals surface area (Å²) in [6.07, 6.45) is 2.01. The van der Waals surface area contributed by atoms with Gasteiger partial charge in [-0.1, -0.05) is 54.9 Å². The molecule has 0 bridgehead atoms. The third-order valence-electron chi connectivity index (χ3n) is 4.15. The van der Waals surface area contributed by atoms with Crippen LogP contribution in [0.3, 0.4) is 0 Å². The van der Waals surface area contributed by atoms with E-state index in [2.05, 4.69) is 15.6 Å². The highest BCUT2D eigenvalue weighted by Crippen LogP contribution is 2.31.